The van der Waals surface area contributed by atoms with Crippen LogP contribution in [0.2, 0.25) is 0 Å². The molecular formula is C18H24N6O. The molecule has 0 spiro atoms. The van der Waals surface area contributed by atoms with Gasteiger partial charge in [0, 0.05) is 56.4 Å². The number of amides is 1. The van der Waals surface area contributed by atoms with Gasteiger partial charge in [0.1, 0.15) is 5.82 Å². The Kier molecular flexibility index (Phi) is 4.63. The fourth-order valence-corrected chi connectivity index (χ4v) is 4.02. The highest BCUT2D eigenvalue weighted by Gasteiger charge is 2.33. The fourth-order valence-electron chi connectivity index (χ4n) is 4.02. The molecule has 0 radical (unpaired) electrons. The van der Waals surface area contributed by atoms with E-state index in [2.05, 4.69) is 30.0 Å². The lowest BCUT2D eigenvalue weighted by Crippen LogP contribution is -2.47. The normalized spacial score (nSPS) is 24.3. The molecule has 0 unspecified atom stereocenters. The number of H-pyrrole nitrogens is 1. The van der Waals surface area contributed by atoms with Gasteiger partial charge in [-0.3, -0.25) is 14.9 Å². The Morgan fingerprint density at radius 1 is 1.12 bits per heavy atom. The van der Waals surface area contributed by atoms with E-state index in [0.717, 1.165) is 63.4 Å². The summed E-state index contributed by atoms with van der Waals surface area (Å²) in [5.74, 6) is 1.59. The standard InChI is InChI=1S/C18H24N6O/c25-18(24-10-1-3-14(12-24)16-5-6-21-22-16)15-4-2-9-23(13-15)17-11-19-7-8-20-17/h5-8,11,14-15H,1-4,9-10,12-13H2,(H,21,22)/t14-,15+/m1/s1. The summed E-state index contributed by atoms with van der Waals surface area (Å²) in [6.45, 7) is 3.34. The lowest BCUT2D eigenvalue weighted by Gasteiger charge is -2.38. The summed E-state index contributed by atoms with van der Waals surface area (Å²) >= 11 is 0. The van der Waals surface area contributed by atoms with Gasteiger partial charge in [-0.2, -0.15) is 5.10 Å². The largest absolute Gasteiger partial charge is 0.355 e. The molecule has 7 nitrogen and oxygen atoms in total. The molecule has 4 heterocycles. The number of hydrogen-bond acceptors (Lipinski definition) is 5. The summed E-state index contributed by atoms with van der Waals surface area (Å²) in [5, 5.41) is 7.12. The first-order valence-electron chi connectivity index (χ1n) is 9.10. The Hall–Kier alpha value is -2.44. The molecule has 7 heteroatoms. The monoisotopic (exact) mass is 340 g/mol. The van der Waals surface area contributed by atoms with E-state index in [9.17, 15) is 4.79 Å². The van der Waals surface area contributed by atoms with E-state index < -0.39 is 0 Å². The number of anilines is 1. The van der Waals surface area contributed by atoms with Crippen LogP contribution in [-0.4, -0.2) is 57.2 Å². The van der Waals surface area contributed by atoms with Crippen LogP contribution in [0.4, 0.5) is 5.82 Å². The van der Waals surface area contributed by atoms with Crippen LogP contribution in [0.25, 0.3) is 0 Å². The van der Waals surface area contributed by atoms with Gasteiger partial charge >= 0.3 is 0 Å². The molecule has 1 amide bonds. The van der Waals surface area contributed by atoms with Crippen LogP contribution in [0.3, 0.4) is 0 Å². The molecule has 0 saturated carbocycles. The lowest BCUT2D eigenvalue weighted by molar-refractivity contribution is -0.137. The number of carbonyl (C=O) groups excluding carboxylic acids is 1. The summed E-state index contributed by atoms with van der Waals surface area (Å²) in [4.78, 5) is 25.9. The summed E-state index contributed by atoms with van der Waals surface area (Å²) in [5.41, 5.74) is 1.14. The zero-order valence-electron chi connectivity index (χ0n) is 14.3. The predicted octanol–water partition coefficient (Wildman–Crippen LogP) is 1.82. The molecule has 0 aromatic carbocycles. The van der Waals surface area contributed by atoms with Gasteiger partial charge in [0.15, 0.2) is 0 Å². The van der Waals surface area contributed by atoms with Gasteiger partial charge in [0.25, 0.3) is 0 Å². The molecule has 2 aromatic rings. The van der Waals surface area contributed by atoms with Gasteiger partial charge in [-0.15, -0.1) is 0 Å². The third-order valence-corrected chi connectivity index (χ3v) is 5.34. The number of hydrogen-bond donors (Lipinski definition) is 1. The Morgan fingerprint density at radius 3 is 2.84 bits per heavy atom. The number of carbonyl (C=O) groups is 1. The highest BCUT2D eigenvalue weighted by Crippen LogP contribution is 2.28. The molecule has 25 heavy (non-hydrogen) atoms. The molecule has 0 bridgehead atoms. The van der Waals surface area contributed by atoms with E-state index in [-0.39, 0.29) is 11.8 Å². The van der Waals surface area contributed by atoms with Crippen molar-refractivity contribution in [1.29, 1.82) is 0 Å². The van der Waals surface area contributed by atoms with Crippen molar-refractivity contribution in [2.45, 2.75) is 31.6 Å². The van der Waals surface area contributed by atoms with Crippen LogP contribution in [0, 0.1) is 5.92 Å². The Morgan fingerprint density at radius 2 is 2.04 bits per heavy atom. The molecule has 0 aliphatic carbocycles. The zero-order chi connectivity index (χ0) is 17.1. The molecule has 4 rings (SSSR count). The first-order valence-corrected chi connectivity index (χ1v) is 9.10. The van der Waals surface area contributed by atoms with Crippen LogP contribution < -0.4 is 4.90 Å². The maximum absolute atomic E-state index is 13.1. The third kappa shape index (κ3) is 3.50. The molecule has 2 aliphatic rings. The van der Waals surface area contributed by atoms with Crippen molar-refractivity contribution in [2.75, 3.05) is 31.1 Å². The van der Waals surface area contributed by atoms with E-state index in [4.69, 9.17) is 0 Å². The average Bonchev–Trinajstić information content (AvgIpc) is 3.23. The van der Waals surface area contributed by atoms with E-state index in [1.165, 1.54) is 0 Å². The van der Waals surface area contributed by atoms with Crippen molar-refractivity contribution in [3.8, 4) is 0 Å². The number of aromatic nitrogens is 4. The minimum absolute atomic E-state index is 0.0521. The molecule has 2 fully saturated rings. The highest BCUT2D eigenvalue weighted by molar-refractivity contribution is 5.80. The van der Waals surface area contributed by atoms with Gasteiger partial charge in [-0.1, -0.05) is 0 Å². The number of likely N-dealkylation sites (tertiary alicyclic amines) is 1. The molecular weight excluding hydrogens is 316 g/mol. The van der Waals surface area contributed by atoms with Crippen LogP contribution in [-0.2, 0) is 4.79 Å². The molecule has 2 aromatic heterocycles. The van der Waals surface area contributed by atoms with Crippen LogP contribution in [0.5, 0.6) is 0 Å². The topological polar surface area (TPSA) is 78.0 Å². The first kappa shape index (κ1) is 16.1. The maximum atomic E-state index is 13.1. The van der Waals surface area contributed by atoms with Crippen LogP contribution in [0.1, 0.15) is 37.3 Å². The smallest absolute Gasteiger partial charge is 0.227 e. The predicted molar refractivity (Wildman–Crippen MR) is 94.1 cm³/mol. The second-order valence-corrected chi connectivity index (χ2v) is 6.98. The molecule has 1 N–H and O–H groups in total. The number of nitrogens with zero attached hydrogens (tertiary/aromatic N) is 5. The first-order chi connectivity index (χ1) is 12.3. The van der Waals surface area contributed by atoms with Gasteiger partial charge in [0.2, 0.25) is 5.91 Å². The van der Waals surface area contributed by atoms with Gasteiger partial charge in [0.05, 0.1) is 12.1 Å². The maximum Gasteiger partial charge on any atom is 0.227 e. The molecule has 2 atom stereocenters. The lowest BCUT2D eigenvalue weighted by atomic mass is 9.91. The van der Waals surface area contributed by atoms with Crippen molar-refractivity contribution in [3.63, 3.8) is 0 Å². The summed E-state index contributed by atoms with van der Waals surface area (Å²) in [7, 11) is 0. The molecule has 132 valence electrons. The number of aromatic amines is 1. The molecule has 2 saturated heterocycles. The van der Waals surface area contributed by atoms with Crippen LogP contribution in [0.15, 0.2) is 30.9 Å². The van der Waals surface area contributed by atoms with Gasteiger partial charge in [-0.05, 0) is 31.7 Å². The van der Waals surface area contributed by atoms with Crippen molar-refractivity contribution in [1.82, 2.24) is 25.1 Å². The fraction of sp³-hybridized carbons (Fsp3) is 0.556. The van der Waals surface area contributed by atoms with E-state index >= 15 is 0 Å². The summed E-state index contributed by atoms with van der Waals surface area (Å²) in [6, 6.07) is 2.02. The SMILES string of the molecule is O=C([C@H]1CCCN(c2cnccn2)C1)N1CCC[C@@H](c2ccn[nH]2)C1. The second kappa shape index (κ2) is 7.21. The quantitative estimate of drug-likeness (QED) is 0.922. The summed E-state index contributed by atoms with van der Waals surface area (Å²) < 4.78 is 0. The Bertz CT molecular complexity index is 689. The van der Waals surface area contributed by atoms with Crippen molar-refractivity contribution in [3.05, 3.63) is 36.5 Å². The summed E-state index contributed by atoms with van der Waals surface area (Å²) in [6.07, 6.45) is 11.1. The minimum atomic E-state index is 0.0521. The van der Waals surface area contributed by atoms with E-state index in [1.807, 2.05) is 6.07 Å². The third-order valence-electron chi connectivity index (χ3n) is 5.34. The van der Waals surface area contributed by atoms with Gasteiger partial charge in [-0.25, -0.2) is 4.98 Å². The number of nitrogens with one attached hydrogen (secondary N) is 1. The van der Waals surface area contributed by atoms with Crippen molar-refractivity contribution in [2.24, 2.45) is 5.92 Å². The number of piperidine rings is 2. The van der Waals surface area contributed by atoms with Gasteiger partial charge < -0.3 is 9.80 Å². The number of rotatable bonds is 3. The highest BCUT2D eigenvalue weighted by atomic mass is 16.2. The van der Waals surface area contributed by atoms with Crippen molar-refractivity contribution >= 4 is 11.7 Å². The minimum Gasteiger partial charge on any atom is -0.355 e. The second-order valence-electron chi connectivity index (χ2n) is 6.98. The van der Waals surface area contributed by atoms with E-state index in [1.54, 1.807) is 24.8 Å². The average molecular weight is 340 g/mol. The van der Waals surface area contributed by atoms with Crippen molar-refractivity contribution < 1.29 is 4.79 Å². The Balaban J connectivity index is 1.41. The zero-order valence-corrected chi connectivity index (χ0v) is 14.3. The van der Waals surface area contributed by atoms with Crippen LogP contribution >= 0.6 is 0 Å². The Labute approximate surface area is 147 Å². The van der Waals surface area contributed by atoms with E-state index in [0.29, 0.717) is 5.92 Å². The molecule has 2 aliphatic heterocycles.